The minimum Gasteiger partial charge on any atom is -0.489 e. The number of carbonyl (C=O) groups is 1. The zero-order valence-corrected chi connectivity index (χ0v) is 17.2. The number of ether oxygens (including phenoxy) is 3. The number of hydrogen-bond acceptors (Lipinski definition) is 4. The summed E-state index contributed by atoms with van der Waals surface area (Å²) in [5, 5.41) is 0. The highest BCUT2D eigenvalue weighted by molar-refractivity contribution is 5.81. The Morgan fingerprint density at radius 1 is 0.867 bits per heavy atom. The Bertz CT molecular complexity index is 993. The van der Waals surface area contributed by atoms with E-state index < -0.39 is 5.60 Å². The van der Waals surface area contributed by atoms with Crippen molar-refractivity contribution < 1.29 is 19.0 Å². The molecule has 30 heavy (non-hydrogen) atoms. The van der Waals surface area contributed by atoms with Gasteiger partial charge in [-0.1, -0.05) is 54.6 Å². The summed E-state index contributed by atoms with van der Waals surface area (Å²) in [7, 11) is 0. The van der Waals surface area contributed by atoms with Crippen LogP contribution in [0.15, 0.2) is 78.9 Å². The van der Waals surface area contributed by atoms with Gasteiger partial charge in [-0.15, -0.1) is 0 Å². The molecule has 0 N–H and O–H groups in total. The minimum atomic E-state index is -0.838. The maximum atomic E-state index is 12.4. The number of benzene rings is 3. The Morgan fingerprint density at radius 3 is 2.17 bits per heavy atom. The summed E-state index contributed by atoms with van der Waals surface area (Å²) in [6.45, 7) is 2.70. The number of esters is 1. The van der Waals surface area contributed by atoms with Gasteiger partial charge < -0.3 is 14.2 Å². The second-order valence-corrected chi connectivity index (χ2v) is 7.50. The average molecular weight is 402 g/mol. The third-order valence-corrected chi connectivity index (χ3v) is 5.37. The van der Waals surface area contributed by atoms with Crippen molar-refractivity contribution >= 4 is 5.97 Å². The van der Waals surface area contributed by atoms with Gasteiger partial charge in [-0.3, -0.25) is 0 Å². The van der Waals surface area contributed by atoms with Crippen LogP contribution in [0.5, 0.6) is 11.5 Å². The molecule has 1 aliphatic carbocycles. The van der Waals surface area contributed by atoms with E-state index in [1.165, 1.54) is 0 Å². The standard InChI is InChI=1S/C26H26O4/c1-2-28-25(27)26(15-8-16-26)30-24-14-7-12-22(18-24)21-11-6-13-23(17-21)29-19-20-9-4-3-5-10-20/h3-7,9-14,17-18H,2,8,15-16,19H2,1H3. The Kier molecular flexibility index (Phi) is 6.03. The molecule has 0 amide bonds. The number of carbonyl (C=O) groups excluding carboxylic acids is 1. The topological polar surface area (TPSA) is 44.8 Å². The number of rotatable bonds is 8. The zero-order chi connectivity index (χ0) is 20.8. The van der Waals surface area contributed by atoms with E-state index in [2.05, 4.69) is 0 Å². The third-order valence-electron chi connectivity index (χ3n) is 5.37. The number of hydrogen-bond donors (Lipinski definition) is 0. The van der Waals surface area contributed by atoms with Gasteiger partial charge in [0.05, 0.1) is 6.61 Å². The van der Waals surface area contributed by atoms with Crippen LogP contribution in [0.1, 0.15) is 31.7 Å². The molecule has 0 aliphatic heterocycles. The van der Waals surface area contributed by atoms with Gasteiger partial charge in [0.2, 0.25) is 5.60 Å². The predicted octanol–water partition coefficient (Wildman–Crippen LogP) is 5.80. The van der Waals surface area contributed by atoms with Crippen LogP contribution >= 0.6 is 0 Å². The molecule has 4 nitrogen and oxygen atoms in total. The summed E-state index contributed by atoms with van der Waals surface area (Å²) >= 11 is 0. The molecule has 0 aromatic heterocycles. The lowest BCUT2D eigenvalue weighted by Crippen LogP contribution is -2.51. The summed E-state index contributed by atoms with van der Waals surface area (Å²) in [6, 6.07) is 25.9. The summed E-state index contributed by atoms with van der Waals surface area (Å²) in [6.07, 6.45) is 2.36. The van der Waals surface area contributed by atoms with E-state index >= 15 is 0 Å². The van der Waals surface area contributed by atoms with Crippen LogP contribution in [0.2, 0.25) is 0 Å². The fourth-order valence-corrected chi connectivity index (χ4v) is 3.58. The highest BCUT2D eigenvalue weighted by Gasteiger charge is 2.48. The largest absolute Gasteiger partial charge is 0.489 e. The molecular formula is C26H26O4. The van der Waals surface area contributed by atoms with E-state index in [0.29, 0.717) is 31.8 Å². The Morgan fingerprint density at radius 2 is 1.53 bits per heavy atom. The van der Waals surface area contributed by atoms with Gasteiger partial charge in [-0.2, -0.15) is 0 Å². The highest BCUT2D eigenvalue weighted by atomic mass is 16.6. The maximum Gasteiger partial charge on any atom is 0.350 e. The summed E-state index contributed by atoms with van der Waals surface area (Å²) in [5.74, 6) is 1.22. The lowest BCUT2D eigenvalue weighted by Gasteiger charge is -2.39. The van der Waals surface area contributed by atoms with Crippen molar-refractivity contribution in [1.29, 1.82) is 0 Å². The fourth-order valence-electron chi connectivity index (χ4n) is 3.58. The van der Waals surface area contributed by atoms with Gasteiger partial charge in [0.1, 0.15) is 18.1 Å². The van der Waals surface area contributed by atoms with Gasteiger partial charge in [-0.05, 0) is 67.1 Å². The first-order valence-corrected chi connectivity index (χ1v) is 10.4. The molecular weight excluding hydrogens is 376 g/mol. The van der Waals surface area contributed by atoms with Crippen LogP contribution in [-0.4, -0.2) is 18.2 Å². The summed E-state index contributed by atoms with van der Waals surface area (Å²) in [5.41, 5.74) is 2.33. The fraction of sp³-hybridized carbons (Fsp3) is 0.269. The molecule has 1 fully saturated rings. The van der Waals surface area contributed by atoms with Gasteiger partial charge in [0, 0.05) is 0 Å². The van der Waals surface area contributed by atoms with Crippen LogP contribution in [0.4, 0.5) is 0 Å². The van der Waals surface area contributed by atoms with E-state index in [1.54, 1.807) is 0 Å². The molecule has 1 saturated carbocycles. The summed E-state index contributed by atoms with van der Waals surface area (Å²) in [4.78, 5) is 12.4. The maximum absolute atomic E-state index is 12.4. The quantitative estimate of drug-likeness (QED) is 0.447. The second kappa shape index (κ2) is 9.04. The molecule has 3 aromatic carbocycles. The molecule has 0 spiro atoms. The third kappa shape index (κ3) is 4.48. The van der Waals surface area contributed by atoms with Gasteiger partial charge in [-0.25, -0.2) is 4.79 Å². The van der Waals surface area contributed by atoms with Gasteiger partial charge in [0.15, 0.2) is 0 Å². The SMILES string of the molecule is CCOC(=O)C1(Oc2cccc(-c3cccc(OCc4ccccc4)c3)c2)CCC1. The monoisotopic (exact) mass is 402 g/mol. The predicted molar refractivity (Wildman–Crippen MR) is 116 cm³/mol. The smallest absolute Gasteiger partial charge is 0.350 e. The van der Waals surface area contributed by atoms with Crippen molar-refractivity contribution in [2.75, 3.05) is 6.61 Å². The van der Waals surface area contributed by atoms with Crippen LogP contribution in [0, 0.1) is 0 Å². The Labute approximate surface area is 177 Å². The van der Waals surface area contributed by atoms with Crippen molar-refractivity contribution in [3.05, 3.63) is 84.4 Å². The first-order chi connectivity index (χ1) is 14.7. The van der Waals surface area contributed by atoms with Gasteiger partial charge in [0.25, 0.3) is 0 Å². The molecule has 0 heterocycles. The molecule has 4 heteroatoms. The Balaban J connectivity index is 1.49. The molecule has 0 radical (unpaired) electrons. The van der Waals surface area contributed by atoms with Gasteiger partial charge >= 0.3 is 5.97 Å². The highest BCUT2D eigenvalue weighted by Crippen LogP contribution is 2.39. The van der Waals surface area contributed by atoms with E-state index in [4.69, 9.17) is 14.2 Å². The normalized spacial score (nSPS) is 14.4. The molecule has 154 valence electrons. The van der Waals surface area contributed by atoms with E-state index in [9.17, 15) is 4.79 Å². The summed E-state index contributed by atoms with van der Waals surface area (Å²) < 4.78 is 17.3. The minimum absolute atomic E-state index is 0.266. The average Bonchev–Trinajstić information content (AvgIpc) is 2.76. The molecule has 0 unspecified atom stereocenters. The van der Waals surface area contributed by atoms with Crippen molar-refractivity contribution in [3.63, 3.8) is 0 Å². The molecule has 3 aromatic rings. The first kappa shape index (κ1) is 20.0. The van der Waals surface area contributed by atoms with Crippen LogP contribution in [0.25, 0.3) is 11.1 Å². The molecule has 0 atom stereocenters. The van der Waals surface area contributed by atoms with Crippen LogP contribution < -0.4 is 9.47 Å². The lowest BCUT2D eigenvalue weighted by atomic mass is 9.80. The van der Waals surface area contributed by atoms with E-state index in [1.807, 2.05) is 85.8 Å². The van der Waals surface area contributed by atoms with Crippen LogP contribution in [-0.2, 0) is 16.1 Å². The molecule has 4 rings (SSSR count). The van der Waals surface area contributed by atoms with Crippen molar-refractivity contribution in [2.24, 2.45) is 0 Å². The van der Waals surface area contributed by atoms with E-state index in [0.717, 1.165) is 28.9 Å². The molecule has 0 bridgehead atoms. The molecule has 0 saturated heterocycles. The van der Waals surface area contributed by atoms with Crippen molar-refractivity contribution in [3.8, 4) is 22.6 Å². The van der Waals surface area contributed by atoms with Crippen molar-refractivity contribution in [1.82, 2.24) is 0 Å². The zero-order valence-electron chi connectivity index (χ0n) is 17.2. The molecule has 1 aliphatic rings. The van der Waals surface area contributed by atoms with Crippen molar-refractivity contribution in [2.45, 2.75) is 38.4 Å². The van der Waals surface area contributed by atoms with Crippen LogP contribution in [0.3, 0.4) is 0 Å². The Hall–Kier alpha value is -3.27. The second-order valence-electron chi connectivity index (χ2n) is 7.50. The first-order valence-electron chi connectivity index (χ1n) is 10.4. The lowest BCUT2D eigenvalue weighted by molar-refractivity contribution is -0.169. The van der Waals surface area contributed by atoms with E-state index in [-0.39, 0.29) is 5.97 Å².